The van der Waals surface area contributed by atoms with Crippen molar-refractivity contribution in [3.05, 3.63) is 70.1 Å². The highest BCUT2D eigenvalue weighted by molar-refractivity contribution is 5.96. The predicted octanol–water partition coefficient (Wildman–Crippen LogP) is 2.48. The lowest BCUT2D eigenvalue weighted by Crippen LogP contribution is -2.20. The number of rotatable bonds is 5. The van der Waals surface area contributed by atoms with E-state index in [1.165, 1.54) is 6.07 Å². The van der Waals surface area contributed by atoms with Crippen LogP contribution in [0.5, 0.6) is 5.75 Å². The van der Waals surface area contributed by atoms with Crippen molar-refractivity contribution in [2.75, 3.05) is 19.0 Å². The number of fused-ring (bicyclic) bond motifs is 1. The summed E-state index contributed by atoms with van der Waals surface area (Å²) in [5.74, 6) is -0.135. The quantitative estimate of drug-likeness (QED) is 0.676. The minimum Gasteiger partial charge on any atom is -0.484 e. The second-order valence-corrected chi connectivity index (χ2v) is 5.90. The summed E-state index contributed by atoms with van der Waals surface area (Å²) in [6.45, 7) is 1.61. The number of aryl methyl sites for hydroxylation is 1. The first-order valence-electron chi connectivity index (χ1n) is 8.25. The van der Waals surface area contributed by atoms with Gasteiger partial charge in [-0.3, -0.25) is 9.59 Å². The molecule has 1 aromatic heterocycles. The Labute approximate surface area is 154 Å². The Morgan fingerprint density at radius 3 is 2.52 bits per heavy atom. The normalized spacial score (nSPS) is 10.4. The zero-order valence-electron chi connectivity index (χ0n) is 14.9. The van der Waals surface area contributed by atoms with E-state index in [-0.39, 0.29) is 18.4 Å². The summed E-state index contributed by atoms with van der Waals surface area (Å²) in [4.78, 5) is 35.0. The van der Waals surface area contributed by atoms with Gasteiger partial charge in [0.1, 0.15) is 11.3 Å². The molecule has 0 spiro atoms. The number of anilines is 1. The van der Waals surface area contributed by atoms with Crippen LogP contribution in [0.3, 0.4) is 0 Å². The SMILES string of the molecule is CNC(=O)c1ccc(NC(=O)COc2ccc3c(C)cc(=O)oc3c2)cc1. The van der Waals surface area contributed by atoms with Gasteiger partial charge in [-0.05, 0) is 48.9 Å². The van der Waals surface area contributed by atoms with E-state index in [0.29, 0.717) is 22.6 Å². The second kappa shape index (κ2) is 7.74. The molecule has 27 heavy (non-hydrogen) atoms. The van der Waals surface area contributed by atoms with E-state index in [4.69, 9.17) is 9.15 Å². The van der Waals surface area contributed by atoms with Gasteiger partial charge < -0.3 is 19.8 Å². The van der Waals surface area contributed by atoms with Crippen LogP contribution in [0.15, 0.2) is 57.7 Å². The molecule has 7 nitrogen and oxygen atoms in total. The molecular formula is C20H18N2O5. The lowest BCUT2D eigenvalue weighted by molar-refractivity contribution is -0.118. The summed E-state index contributed by atoms with van der Waals surface area (Å²) in [5.41, 5.74) is 1.83. The first-order chi connectivity index (χ1) is 13.0. The van der Waals surface area contributed by atoms with Crippen molar-refractivity contribution in [3.63, 3.8) is 0 Å². The van der Waals surface area contributed by atoms with Gasteiger partial charge in [-0.25, -0.2) is 4.79 Å². The molecule has 0 saturated carbocycles. The molecule has 0 radical (unpaired) electrons. The molecule has 0 atom stereocenters. The molecular weight excluding hydrogens is 348 g/mol. The Morgan fingerprint density at radius 2 is 1.81 bits per heavy atom. The molecule has 3 aromatic rings. The third-order valence-electron chi connectivity index (χ3n) is 3.95. The van der Waals surface area contributed by atoms with Gasteiger partial charge >= 0.3 is 5.63 Å². The molecule has 7 heteroatoms. The Morgan fingerprint density at radius 1 is 1.07 bits per heavy atom. The van der Waals surface area contributed by atoms with Gasteiger partial charge in [0.15, 0.2) is 6.61 Å². The van der Waals surface area contributed by atoms with E-state index in [1.54, 1.807) is 49.5 Å². The van der Waals surface area contributed by atoms with Crippen LogP contribution in [0.2, 0.25) is 0 Å². The Balaban J connectivity index is 1.63. The highest BCUT2D eigenvalue weighted by Gasteiger charge is 2.08. The average Bonchev–Trinajstić information content (AvgIpc) is 2.66. The molecule has 0 fully saturated rings. The Kier molecular flexibility index (Phi) is 5.21. The fraction of sp³-hybridized carbons (Fsp3) is 0.150. The van der Waals surface area contributed by atoms with Crippen LogP contribution in [0.25, 0.3) is 11.0 Å². The van der Waals surface area contributed by atoms with E-state index in [2.05, 4.69) is 10.6 Å². The summed E-state index contributed by atoms with van der Waals surface area (Å²) in [6.07, 6.45) is 0. The molecule has 3 rings (SSSR count). The first kappa shape index (κ1) is 18.2. The minimum atomic E-state index is -0.435. The first-order valence-corrected chi connectivity index (χ1v) is 8.25. The summed E-state index contributed by atoms with van der Waals surface area (Å²) in [7, 11) is 1.55. The van der Waals surface area contributed by atoms with E-state index < -0.39 is 5.63 Å². The molecule has 138 valence electrons. The molecule has 0 unspecified atom stereocenters. The third kappa shape index (κ3) is 4.33. The van der Waals surface area contributed by atoms with Crippen LogP contribution in [0.1, 0.15) is 15.9 Å². The number of hydrogen-bond donors (Lipinski definition) is 2. The smallest absolute Gasteiger partial charge is 0.336 e. The van der Waals surface area contributed by atoms with Crippen molar-refractivity contribution in [1.29, 1.82) is 0 Å². The van der Waals surface area contributed by atoms with Crippen LogP contribution in [-0.2, 0) is 4.79 Å². The zero-order valence-corrected chi connectivity index (χ0v) is 14.9. The molecule has 0 saturated heterocycles. The minimum absolute atomic E-state index is 0.200. The molecule has 2 N–H and O–H groups in total. The van der Waals surface area contributed by atoms with Crippen molar-refractivity contribution < 1.29 is 18.7 Å². The highest BCUT2D eigenvalue weighted by atomic mass is 16.5. The number of carbonyl (C=O) groups is 2. The molecule has 0 aliphatic carbocycles. The van der Waals surface area contributed by atoms with Crippen molar-refractivity contribution in [3.8, 4) is 5.75 Å². The van der Waals surface area contributed by atoms with Gasteiger partial charge in [0, 0.05) is 35.8 Å². The summed E-state index contributed by atoms with van der Waals surface area (Å²) in [5, 5.41) is 6.02. The summed E-state index contributed by atoms with van der Waals surface area (Å²) < 4.78 is 10.6. The van der Waals surface area contributed by atoms with Gasteiger partial charge in [0.05, 0.1) is 0 Å². The van der Waals surface area contributed by atoms with Gasteiger partial charge in [-0.1, -0.05) is 0 Å². The Hall–Kier alpha value is -3.61. The fourth-order valence-electron chi connectivity index (χ4n) is 2.59. The fourth-order valence-corrected chi connectivity index (χ4v) is 2.59. The number of nitrogens with one attached hydrogen (secondary N) is 2. The number of benzene rings is 2. The van der Waals surface area contributed by atoms with Crippen LogP contribution in [0, 0.1) is 6.92 Å². The lowest BCUT2D eigenvalue weighted by atomic mass is 10.1. The lowest BCUT2D eigenvalue weighted by Gasteiger charge is -2.09. The maximum absolute atomic E-state index is 12.0. The topological polar surface area (TPSA) is 97.6 Å². The third-order valence-corrected chi connectivity index (χ3v) is 3.95. The molecule has 2 aromatic carbocycles. The number of hydrogen-bond acceptors (Lipinski definition) is 5. The summed E-state index contributed by atoms with van der Waals surface area (Å²) >= 11 is 0. The second-order valence-electron chi connectivity index (χ2n) is 5.90. The zero-order chi connectivity index (χ0) is 19.4. The highest BCUT2D eigenvalue weighted by Crippen LogP contribution is 2.22. The van der Waals surface area contributed by atoms with Crippen molar-refractivity contribution in [1.82, 2.24) is 5.32 Å². The molecule has 2 amide bonds. The van der Waals surface area contributed by atoms with Gasteiger partial charge in [0.2, 0.25) is 0 Å². The van der Waals surface area contributed by atoms with Crippen molar-refractivity contribution >= 4 is 28.5 Å². The largest absolute Gasteiger partial charge is 0.484 e. The van der Waals surface area contributed by atoms with E-state index in [0.717, 1.165) is 10.9 Å². The number of amides is 2. The maximum Gasteiger partial charge on any atom is 0.336 e. The van der Waals surface area contributed by atoms with Crippen molar-refractivity contribution in [2.45, 2.75) is 6.92 Å². The van der Waals surface area contributed by atoms with Crippen LogP contribution < -0.4 is 21.0 Å². The van der Waals surface area contributed by atoms with Crippen LogP contribution in [-0.4, -0.2) is 25.5 Å². The summed E-state index contributed by atoms with van der Waals surface area (Å²) in [6, 6.07) is 13.0. The predicted molar refractivity (Wildman–Crippen MR) is 101 cm³/mol. The van der Waals surface area contributed by atoms with Crippen molar-refractivity contribution in [2.24, 2.45) is 0 Å². The number of carbonyl (C=O) groups excluding carboxylic acids is 2. The average molecular weight is 366 g/mol. The monoisotopic (exact) mass is 366 g/mol. The molecule has 0 bridgehead atoms. The molecule has 0 aliphatic heterocycles. The standard InChI is InChI=1S/C20H18N2O5/c1-12-9-19(24)27-17-10-15(7-8-16(12)17)26-11-18(23)22-14-5-3-13(4-6-14)20(25)21-2/h3-10H,11H2,1-2H3,(H,21,25)(H,22,23). The van der Waals surface area contributed by atoms with E-state index in [1.807, 2.05) is 6.92 Å². The molecule has 1 heterocycles. The van der Waals surface area contributed by atoms with Gasteiger partial charge in [-0.2, -0.15) is 0 Å². The molecule has 0 aliphatic rings. The van der Waals surface area contributed by atoms with Crippen LogP contribution in [0.4, 0.5) is 5.69 Å². The van der Waals surface area contributed by atoms with Gasteiger partial charge in [-0.15, -0.1) is 0 Å². The Bertz CT molecular complexity index is 1050. The van der Waals surface area contributed by atoms with E-state index in [9.17, 15) is 14.4 Å². The number of ether oxygens (including phenoxy) is 1. The van der Waals surface area contributed by atoms with E-state index >= 15 is 0 Å². The van der Waals surface area contributed by atoms with Gasteiger partial charge in [0.25, 0.3) is 11.8 Å². The maximum atomic E-state index is 12.0. The van der Waals surface area contributed by atoms with Crippen LogP contribution >= 0.6 is 0 Å².